The van der Waals surface area contributed by atoms with E-state index >= 15 is 0 Å². The Kier molecular flexibility index (Phi) is 3.38. The maximum Gasteiger partial charge on any atom is 0.308 e. The summed E-state index contributed by atoms with van der Waals surface area (Å²) in [5.74, 6) is -1.21. The van der Waals surface area contributed by atoms with Gasteiger partial charge < -0.3 is 15.7 Å². The summed E-state index contributed by atoms with van der Waals surface area (Å²) >= 11 is 0. The van der Waals surface area contributed by atoms with Crippen LogP contribution in [0.1, 0.15) is 26.2 Å². The number of nitrogens with zero attached hydrogens (tertiary/aromatic N) is 1. The molecule has 0 bridgehead atoms. The molecule has 3 N–H and O–H groups in total. The predicted octanol–water partition coefficient (Wildman–Crippen LogP) is 0.293. The molecule has 2 aliphatic rings. The minimum absolute atomic E-state index is 0.0362. The molecule has 0 aromatic heterocycles. The van der Waals surface area contributed by atoms with Crippen LogP contribution in [0.5, 0.6) is 0 Å². The highest BCUT2D eigenvalue weighted by atomic mass is 16.4. The largest absolute Gasteiger partial charge is 0.481 e. The Morgan fingerprint density at radius 1 is 1.24 bits per heavy atom. The number of aliphatic carboxylic acids is 1. The van der Waals surface area contributed by atoms with Gasteiger partial charge in [-0.2, -0.15) is 0 Å². The molecule has 5 heteroatoms. The van der Waals surface area contributed by atoms with Crippen LogP contribution in [0.3, 0.4) is 0 Å². The normalized spacial score (nSPS) is 37.4. The molecule has 0 aromatic carbocycles. The number of hydrogen-bond donors (Lipinski definition) is 2. The van der Waals surface area contributed by atoms with Crippen molar-refractivity contribution in [3.8, 4) is 0 Å². The van der Waals surface area contributed by atoms with Crippen LogP contribution in [0.25, 0.3) is 0 Å². The van der Waals surface area contributed by atoms with E-state index in [0.29, 0.717) is 13.1 Å². The fourth-order valence-corrected chi connectivity index (χ4v) is 3.00. The zero-order valence-electron chi connectivity index (χ0n) is 10.1. The lowest BCUT2D eigenvalue weighted by molar-refractivity contribution is -0.142. The molecule has 17 heavy (non-hydrogen) atoms. The summed E-state index contributed by atoms with van der Waals surface area (Å²) in [6.45, 7) is 2.79. The fraction of sp³-hybridized carbons (Fsp3) is 0.833. The zero-order chi connectivity index (χ0) is 12.6. The molecule has 2 rings (SSSR count). The molecule has 4 unspecified atom stereocenters. The Morgan fingerprint density at radius 2 is 1.94 bits per heavy atom. The summed E-state index contributed by atoms with van der Waals surface area (Å²) in [6, 6.07) is -0.0401. The Balaban J connectivity index is 2.00. The first-order valence-electron chi connectivity index (χ1n) is 6.28. The van der Waals surface area contributed by atoms with E-state index in [1.54, 1.807) is 4.90 Å². The number of likely N-dealkylation sites (tertiary alicyclic amines) is 1. The third kappa shape index (κ3) is 2.29. The van der Waals surface area contributed by atoms with Gasteiger partial charge in [-0.15, -0.1) is 0 Å². The molecule has 2 fully saturated rings. The van der Waals surface area contributed by atoms with Crippen molar-refractivity contribution in [3.05, 3.63) is 0 Å². The molecule has 96 valence electrons. The molecule has 5 nitrogen and oxygen atoms in total. The number of hydrogen-bond acceptors (Lipinski definition) is 3. The second-order valence-electron chi connectivity index (χ2n) is 5.37. The molecule has 1 aliphatic carbocycles. The van der Waals surface area contributed by atoms with Crippen LogP contribution in [-0.4, -0.2) is 41.0 Å². The van der Waals surface area contributed by atoms with E-state index in [1.165, 1.54) is 0 Å². The molecular weight excluding hydrogens is 220 g/mol. The van der Waals surface area contributed by atoms with E-state index in [-0.39, 0.29) is 23.8 Å². The van der Waals surface area contributed by atoms with Gasteiger partial charge in [0.2, 0.25) is 5.91 Å². The van der Waals surface area contributed by atoms with Crippen molar-refractivity contribution >= 4 is 11.9 Å². The molecular formula is C12H20N2O3. The monoisotopic (exact) mass is 240 g/mol. The lowest BCUT2D eigenvalue weighted by atomic mass is 9.99. The average Bonchev–Trinajstić information content (AvgIpc) is 2.83. The lowest BCUT2D eigenvalue weighted by Crippen LogP contribution is -2.41. The zero-order valence-corrected chi connectivity index (χ0v) is 10.1. The Labute approximate surface area is 101 Å². The first kappa shape index (κ1) is 12.4. The molecule has 0 spiro atoms. The minimum atomic E-state index is -0.802. The van der Waals surface area contributed by atoms with Gasteiger partial charge in [0.1, 0.15) is 0 Å². The van der Waals surface area contributed by atoms with Gasteiger partial charge in [-0.3, -0.25) is 9.59 Å². The van der Waals surface area contributed by atoms with Crippen molar-refractivity contribution in [3.63, 3.8) is 0 Å². The highest BCUT2D eigenvalue weighted by Crippen LogP contribution is 2.30. The van der Waals surface area contributed by atoms with Gasteiger partial charge in [0, 0.05) is 19.1 Å². The van der Waals surface area contributed by atoms with Gasteiger partial charge in [-0.1, -0.05) is 13.3 Å². The summed E-state index contributed by atoms with van der Waals surface area (Å²) in [5, 5.41) is 9.04. The van der Waals surface area contributed by atoms with Crippen LogP contribution in [0.15, 0.2) is 0 Å². The number of carboxylic acid groups (broad SMARTS) is 1. The summed E-state index contributed by atoms with van der Waals surface area (Å²) < 4.78 is 0. The van der Waals surface area contributed by atoms with E-state index < -0.39 is 11.9 Å². The van der Waals surface area contributed by atoms with Crippen LogP contribution < -0.4 is 5.73 Å². The van der Waals surface area contributed by atoms with E-state index in [0.717, 1.165) is 19.3 Å². The third-order valence-electron chi connectivity index (χ3n) is 4.13. The standard InChI is InChI=1S/C12H20N2O3/c1-7-5-14(6-9(7)12(16)17)11(15)8-3-2-4-10(8)13/h7-10H,2-6,13H2,1H3,(H,16,17). The van der Waals surface area contributed by atoms with Gasteiger partial charge in [0.15, 0.2) is 0 Å². The van der Waals surface area contributed by atoms with E-state index in [1.807, 2.05) is 6.92 Å². The molecule has 0 aromatic rings. The first-order valence-corrected chi connectivity index (χ1v) is 6.28. The quantitative estimate of drug-likeness (QED) is 0.726. The lowest BCUT2D eigenvalue weighted by Gasteiger charge is -2.22. The number of carbonyl (C=O) groups is 2. The average molecular weight is 240 g/mol. The van der Waals surface area contributed by atoms with Gasteiger partial charge in [-0.05, 0) is 18.8 Å². The van der Waals surface area contributed by atoms with Crippen LogP contribution in [-0.2, 0) is 9.59 Å². The number of carbonyl (C=O) groups excluding carboxylic acids is 1. The van der Waals surface area contributed by atoms with Gasteiger partial charge >= 0.3 is 5.97 Å². The van der Waals surface area contributed by atoms with Crippen molar-refractivity contribution in [1.82, 2.24) is 4.90 Å². The van der Waals surface area contributed by atoms with Crippen LogP contribution in [0.4, 0.5) is 0 Å². The SMILES string of the molecule is CC1CN(C(=O)C2CCCC2N)CC1C(=O)O. The minimum Gasteiger partial charge on any atom is -0.481 e. The van der Waals surface area contributed by atoms with Gasteiger partial charge in [0.05, 0.1) is 11.8 Å². The number of carboxylic acids is 1. The molecule has 4 atom stereocenters. The first-order chi connectivity index (χ1) is 8.00. The van der Waals surface area contributed by atoms with Crippen LogP contribution in [0, 0.1) is 17.8 Å². The second-order valence-corrected chi connectivity index (χ2v) is 5.37. The molecule has 1 amide bonds. The Morgan fingerprint density at radius 3 is 2.41 bits per heavy atom. The summed E-state index contributed by atoms with van der Waals surface area (Å²) in [7, 11) is 0. The molecule has 1 aliphatic heterocycles. The smallest absolute Gasteiger partial charge is 0.308 e. The molecule has 1 heterocycles. The van der Waals surface area contributed by atoms with E-state index in [4.69, 9.17) is 10.8 Å². The van der Waals surface area contributed by atoms with Crippen molar-refractivity contribution in [1.29, 1.82) is 0 Å². The maximum absolute atomic E-state index is 12.2. The molecule has 0 radical (unpaired) electrons. The highest BCUT2D eigenvalue weighted by molar-refractivity contribution is 5.81. The third-order valence-corrected chi connectivity index (χ3v) is 4.13. The summed E-state index contributed by atoms with van der Waals surface area (Å²) in [5.41, 5.74) is 5.91. The van der Waals surface area contributed by atoms with Crippen molar-refractivity contribution in [2.24, 2.45) is 23.5 Å². The number of amides is 1. The summed E-state index contributed by atoms with van der Waals surface area (Å²) in [6.07, 6.45) is 2.76. The molecule has 1 saturated carbocycles. The van der Waals surface area contributed by atoms with Gasteiger partial charge in [-0.25, -0.2) is 0 Å². The second kappa shape index (κ2) is 4.64. The van der Waals surface area contributed by atoms with Crippen LogP contribution >= 0.6 is 0 Å². The Bertz CT molecular complexity index is 332. The highest BCUT2D eigenvalue weighted by Gasteiger charge is 2.41. The summed E-state index contributed by atoms with van der Waals surface area (Å²) in [4.78, 5) is 24.9. The van der Waals surface area contributed by atoms with Crippen LogP contribution in [0.2, 0.25) is 0 Å². The fourth-order valence-electron chi connectivity index (χ4n) is 3.00. The number of nitrogens with two attached hydrogens (primary N) is 1. The predicted molar refractivity (Wildman–Crippen MR) is 62.2 cm³/mol. The van der Waals surface area contributed by atoms with Gasteiger partial charge in [0.25, 0.3) is 0 Å². The Hall–Kier alpha value is -1.10. The van der Waals surface area contributed by atoms with Crippen molar-refractivity contribution in [2.75, 3.05) is 13.1 Å². The van der Waals surface area contributed by atoms with Crippen molar-refractivity contribution < 1.29 is 14.7 Å². The topological polar surface area (TPSA) is 83.6 Å². The van der Waals surface area contributed by atoms with E-state index in [2.05, 4.69) is 0 Å². The van der Waals surface area contributed by atoms with Crippen molar-refractivity contribution in [2.45, 2.75) is 32.2 Å². The van der Waals surface area contributed by atoms with E-state index in [9.17, 15) is 9.59 Å². The maximum atomic E-state index is 12.2. The number of rotatable bonds is 2. The molecule has 1 saturated heterocycles.